The van der Waals surface area contributed by atoms with E-state index in [-0.39, 0.29) is 23.1 Å². The summed E-state index contributed by atoms with van der Waals surface area (Å²) in [6, 6.07) is 9.69. The van der Waals surface area contributed by atoms with Gasteiger partial charge in [-0.1, -0.05) is 6.92 Å². The largest absolute Gasteiger partial charge is 0.497 e. The molecular weight excluding hydrogens is 354 g/mol. The number of benzene rings is 1. The van der Waals surface area contributed by atoms with Crippen molar-refractivity contribution in [2.24, 2.45) is 7.05 Å². The van der Waals surface area contributed by atoms with Gasteiger partial charge in [0.2, 0.25) is 0 Å². The molecule has 1 fully saturated rings. The standard InChI is InChI=1S/C22H29N3O3/c1-5-20-15(2)13-19(21(26)24(20)3)22(27)25-12-6-7-17(14-25)23-16-8-10-18(28-4)11-9-16/h8-11,13,17,23H,5-7,12,14H2,1-4H3/t17-/m1/s1. The van der Waals surface area contributed by atoms with Crippen molar-refractivity contribution in [3.8, 4) is 5.75 Å². The van der Waals surface area contributed by atoms with Gasteiger partial charge in [0, 0.05) is 37.6 Å². The summed E-state index contributed by atoms with van der Waals surface area (Å²) < 4.78 is 6.80. The number of carbonyl (C=O) groups is 1. The van der Waals surface area contributed by atoms with E-state index in [4.69, 9.17) is 4.74 Å². The van der Waals surface area contributed by atoms with Gasteiger partial charge in [-0.05, 0) is 62.1 Å². The third-order valence-electron chi connectivity index (χ3n) is 5.49. The van der Waals surface area contributed by atoms with Crippen LogP contribution >= 0.6 is 0 Å². The monoisotopic (exact) mass is 383 g/mol. The van der Waals surface area contributed by atoms with Gasteiger partial charge >= 0.3 is 0 Å². The van der Waals surface area contributed by atoms with E-state index in [9.17, 15) is 9.59 Å². The molecule has 2 aromatic rings. The lowest BCUT2D eigenvalue weighted by molar-refractivity contribution is 0.0712. The van der Waals surface area contributed by atoms with Crippen molar-refractivity contribution < 1.29 is 9.53 Å². The van der Waals surface area contributed by atoms with Gasteiger partial charge < -0.3 is 19.5 Å². The van der Waals surface area contributed by atoms with E-state index in [1.54, 1.807) is 29.7 Å². The Bertz CT molecular complexity index is 902. The van der Waals surface area contributed by atoms with Crippen LogP contribution in [0.25, 0.3) is 0 Å². The van der Waals surface area contributed by atoms with E-state index in [1.165, 1.54) is 0 Å². The molecule has 6 heteroatoms. The van der Waals surface area contributed by atoms with E-state index in [0.29, 0.717) is 13.1 Å². The molecule has 1 N–H and O–H groups in total. The number of piperidine rings is 1. The van der Waals surface area contributed by atoms with Gasteiger partial charge in [0.05, 0.1) is 7.11 Å². The van der Waals surface area contributed by atoms with Gasteiger partial charge in [-0.15, -0.1) is 0 Å². The van der Waals surface area contributed by atoms with Crippen LogP contribution < -0.4 is 15.6 Å². The first kappa shape index (κ1) is 20.0. The molecule has 3 rings (SSSR count). The van der Waals surface area contributed by atoms with Crippen molar-refractivity contribution in [2.75, 3.05) is 25.5 Å². The first-order valence-electron chi connectivity index (χ1n) is 9.84. The third kappa shape index (κ3) is 4.06. The SMILES string of the molecule is CCc1c(C)cc(C(=O)N2CCC[C@@H](Nc3ccc(OC)cc3)C2)c(=O)n1C. The van der Waals surface area contributed by atoms with Gasteiger partial charge in [-0.3, -0.25) is 9.59 Å². The van der Waals surface area contributed by atoms with Crippen LogP contribution in [0.4, 0.5) is 5.69 Å². The molecule has 1 aliphatic rings. The molecule has 2 heterocycles. The predicted molar refractivity (Wildman–Crippen MR) is 111 cm³/mol. The normalized spacial score (nSPS) is 16.7. The zero-order valence-electron chi connectivity index (χ0n) is 17.1. The highest BCUT2D eigenvalue weighted by Gasteiger charge is 2.27. The van der Waals surface area contributed by atoms with Gasteiger partial charge in [-0.25, -0.2) is 0 Å². The van der Waals surface area contributed by atoms with E-state index < -0.39 is 0 Å². The maximum atomic E-state index is 13.1. The molecule has 0 aliphatic carbocycles. The number of hydrogen-bond acceptors (Lipinski definition) is 4. The molecule has 1 aromatic heterocycles. The molecule has 1 atom stereocenters. The molecule has 1 aliphatic heterocycles. The molecule has 150 valence electrons. The quantitative estimate of drug-likeness (QED) is 0.862. The number of ether oxygens (including phenoxy) is 1. The highest BCUT2D eigenvalue weighted by Crippen LogP contribution is 2.20. The lowest BCUT2D eigenvalue weighted by Crippen LogP contribution is -2.46. The smallest absolute Gasteiger partial charge is 0.263 e. The van der Waals surface area contributed by atoms with Gasteiger partial charge in [0.1, 0.15) is 11.3 Å². The number of nitrogens with zero attached hydrogens (tertiary/aromatic N) is 2. The van der Waals surface area contributed by atoms with Crippen LogP contribution in [0, 0.1) is 6.92 Å². The van der Waals surface area contributed by atoms with Crippen LogP contribution in [0.2, 0.25) is 0 Å². The third-order valence-corrected chi connectivity index (χ3v) is 5.49. The number of amides is 1. The predicted octanol–water partition coefficient (Wildman–Crippen LogP) is 2.98. The van der Waals surface area contributed by atoms with Crippen molar-refractivity contribution in [1.82, 2.24) is 9.47 Å². The Hall–Kier alpha value is -2.76. The summed E-state index contributed by atoms with van der Waals surface area (Å²) in [5.41, 5.74) is 3.01. The summed E-state index contributed by atoms with van der Waals surface area (Å²) in [5.74, 6) is 0.639. The van der Waals surface area contributed by atoms with Crippen molar-refractivity contribution >= 4 is 11.6 Å². The number of pyridine rings is 1. The Morgan fingerprint density at radius 3 is 2.64 bits per heavy atom. The van der Waals surface area contributed by atoms with Crippen LogP contribution in [0.15, 0.2) is 35.1 Å². The molecule has 0 bridgehead atoms. The molecule has 0 radical (unpaired) electrons. The average molecular weight is 383 g/mol. The summed E-state index contributed by atoms with van der Waals surface area (Å²) in [5, 5.41) is 3.49. The topological polar surface area (TPSA) is 63.6 Å². The lowest BCUT2D eigenvalue weighted by Gasteiger charge is -2.34. The van der Waals surface area contributed by atoms with E-state index in [1.807, 2.05) is 38.1 Å². The molecule has 0 spiro atoms. The number of aryl methyl sites for hydroxylation is 1. The van der Waals surface area contributed by atoms with Crippen LogP contribution in [0.5, 0.6) is 5.75 Å². The molecule has 0 saturated carbocycles. The number of anilines is 1. The minimum atomic E-state index is -0.210. The number of nitrogens with one attached hydrogen (secondary N) is 1. The minimum absolute atomic E-state index is 0.158. The van der Waals surface area contributed by atoms with Crippen LogP contribution in [-0.2, 0) is 13.5 Å². The fourth-order valence-electron chi connectivity index (χ4n) is 3.97. The van der Waals surface area contributed by atoms with Gasteiger partial charge in [-0.2, -0.15) is 0 Å². The Labute approximate surface area is 166 Å². The molecule has 1 saturated heterocycles. The average Bonchev–Trinajstić information content (AvgIpc) is 2.71. The fourth-order valence-corrected chi connectivity index (χ4v) is 3.97. The molecule has 1 aromatic carbocycles. The second-order valence-electron chi connectivity index (χ2n) is 7.37. The van der Waals surface area contributed by atoms with E-state index in [0.717, 1.165) is 42.0 Å². The summed E-state index contributed by atoms with van der Waals surface area (Å²) in [7, 11) is 3.39. The summed E-state index contributed by atoms with van der Waals surface area (Å²) in [6.45, 7) is 5.24. The first-order chi connectivity index (χ1) is 13.4. The first-order valence-corrected chi connectivity index (χ1v) is 9.84. The Morgan fingerprint density at radius 2 is 2.00 bits per heavy atom. The zero-order valence-corrected chi connectivity index (χ0v) is 17.1. The fraction of sp³-hybridized carbons (Fsp3) is 0.455. The van der Waals surface area contributed by atoms with Crippen LogP contribution in [-0.4, -0.2) is 41.6 Å². The number of rotatable bonds is 5. The molecular formula is C22H29N3O3. The second kappa shape index (κ2) is 8.50. The van der Waals surface area contributed by atoms with E-state index >= 15 is 0 Å². The van der Waals surface area contributed by atoms with Crippen LogP contribution in [0.1, 0.15) is 41.4 Å². The summed E-state index contributed by atoms with van der Waals surface area (Å²) in [4.78, 5) is 27.6. The second-order valence-corrected chi connectivity index (χ2v) is 7.37. The Kier molecular flexibility index (Phi) is 6.07. The number of likely N-dealkylation sites (tertiary alicyclic amines) is 1. The lowest BCUT2D eigenvalue weighted by atomic mass is 10.0. The number of aromatic nitrogens is 1. The Morgan fingerprint density at radius 1 is 1.29 bits per heavy atom. The van der Waals surface area contributed by atoms with Crippen molar-refractivity contribution in [3.63, 3.8) is 0 Å². The number of hydrogen-bond donors (Lipinski definition) is 1. The van der Waals surface area contributed by atoms with Crippen molar-refractivity contribution in [1.29, 1.82) is 0 Å². The maximum absolute atomic E-state index is 13.1. The maximum Gasteiger partial charge on any atom is 0.263 e. The Balaban J connectivity index is 1.75. The molecule has 1 amide bonds. The zero-order chi connectivity index (χ0) is 20.3. The number of methoxy groups -OCH3 is 1. The van der Waals surface area contributed by atoms with Gasteiger partial charge in [0.15, 0.2) is 0 Å². The minimum Gasteiger partial charge on any atom is -0.497 e. The number of carbonyl (C=O) groups excluding carboxylic acids is 1. The molecule has 28 heavy (non-hydrogen) atoms. The summed E-state index contributed by atoms with van der Waals surface area (Å²) in [6.07, 6.45) is 2.66. The van der Waals surface area contributed by atoms with Crippen molar-refractivity contribution in [2.45, 2.75) is 39.2 Å². The highest BCUT2D eigenvalue weighted by atomic mass is 16.5. The summed E-state index contributed by atoms with van der Waals surface area (Å²) >= 11 is 0. The van der Waals surface area contributed by atoms with Crippen LogP contribution in [0.3, 0.4) is 0 Å². The molecule has 6 nitrogen and oxygen atoms in total. The highest BCUT2D eigenvalue weighted by molar-refractivity contribution is 5.94. The van der Waals surface area contributed by atoms with E-state index in [2.05, 4.69) is 5.32 Å². The molecule has 0 unspecified atom stereocenters. The van der Waals surface area contributed by atoms with Crippen molar-refractivity contribution in [3.05, 3.63) is 57.5 Å². The van der Waals surface area contributed by atoms with Gasteiger partial charge in [0.25, 0.3) is 11.5 Å².